The standard InChI is InChI=1S/C14H12ClNO4/c1-8-6-10-7-9(2-3-11(10)19-8)14(15)12-4-5-13(20-12)16(17)18/h2-5,7-8,14H,6H2,1H3. The van der Waals surface area contributed by atoms with Gasteiger partial charge in [-0.1, -0.05) is 12.1 Å². The highest BCUT2D eigenvalue weighted by molar-refractivity contribution is 6.22. The van der Waals surface area contributed by atoms with Crippen molar-refractivity contribution in [3.63, 3.8) is 0 Å². The van der Waals surface area contributed by atoms with E-state index in [0.29, 0.717) is 5.76 Å². The number of hydrogen-bond donors (Lipinski definition) is 0. The molecule has 0 N–H and O–H groups in total. The second-order valence-electron chi connectivity index (χ2n) is 4.80. The van der Waals surface area contributed by atoms with Crippen LogP contribution in [0.4, 0.5) is 5.88 Å². The van der Waals surface area contributed by atoms with Crippen molar-refractivity contribution in [2.45, 2.75) is 24.8 Å². The van der Waals surface area contributed by atoms with Crippen molar-refractivity contribution in [1.29, 1.82) is 0 Å². The molecule has 0 bridgehead atoms. The molecule has 6 heteroatoms. The number of benzene rings is 1. The molecule has 0 radical (unpaired) electrons. The van der Waals surface area contributed by atoms with Crippen LogP contribution in [0.2, 0.25) is 0 Å². The maximum Gasteiger partial charge on any atom is 0.433 e. The lowest BCUT2D eigenvalue weighted by molar-refractivity contribution is -0.402. The molecule has 2 aromatic rings. The van der Waals surface area contributed by atoms with Crippen LogP contribution >= 0.6 is 11.6 Å². The number of furan rings is 1. The van der Waals surface area contributed by atoms with Crippen LogP contribution in [0, 0.1) is 10.1 Å². The lowest BCUT2D eigenvalue weighted by Crippen LogP contribution is -2.05. The van der Waals surface area contributed by atoms with Crippen molar-refractivity contribution in [3.05, 3.63) is 57.3 Å². The predicted molar refractivity (Wildman–Crippen MR) is 73.3 cm³/mol. The molecule has 2 atom stereocenters. The fourth-order valence-corrected chi connectivity index (χ4v) is 2.59. The Morgan fingerprint density at radius 2 is 2.20 bits per heavy atom. The highest BCUT2D eigenvalue weighted by atomic mass is 35.5. The third-order valence-electron chi connectivity index (χ3n) is 3.26. The van der Waals surface area contributed by atoms with Gasteiger partial charge in [0.05, 0.1) is 6.07 Å². The Morgan fingerprint density at radius 3 is 2.90 bits per heavy atom. The van der Waals surface area contributed by atoms with E-state index >= 15 is 0 Å². The number of fused-ring (bicyclic) bond motifs is 1. The van der Waals surface area contributed by atoms with E-state index in [2.05, 4.69) is 0 Å². The van der Waals surface area contributed by atoms with Gasteiger partial charge in [0.15, 0.2) is 0 Å². The van der Waals surface area contributed by atoms with Gasteiger partial charge in [0, 0.05) is 6.42 Å². The molecule has 0 saturated heterocycles. The molecule has 0 amide bonds. The monoisotopic (exact) mass is 293 g/mol. The van der Waals surface area contributed by atoms with Gasteiger partial charge in [-0.05, 0) is 30.2 Å². The Morgan fingerprint density at radius 1 is 1.40 bits per heavy atom. The van der Waals surface area contributed by atoms with Gasteiger partial charge in [-0.25, -0.2) is 0 Å². The first-order valence-electron chi connectivity index (χ1n) is 6.22. The van der Waals surface area contributed by atoms with Crippen LogP contribution in [0.15, 0.2) is 34.7 Å². The quantitative estimate of drug-likeness (QED) is 0.490. The molecule has 3 rings (SSSR count). The average molecular weight is 294 g/mol. The zero-order valence-corrected chi connectivity index (χ0v) is 11.5. The molecule has 0 fully saturated rings. The van der Waals surface area contributed by atoms with Crippen LogP contribution in [0.5, 0.6) is 5.75 Å². The maximum atomic E-state index is 10.6. The first-order chi connectivity index (χ1) is 9.54. The molecule has 5 nitrogen and oxygen atoms in total. The third-order valence-corrected chi connectivity index (χ3v) is 3.72. The van der Waals surface area contributed by atoms with E-state index in [0.717, 1.165) is 23.3 Å². The minimum absolute atomic E-state index is 0.165. The van der Waals surface area contributed by atoms with E-state index in [4.69, 9.17) is 20.8 Å². The second kappa shape index (κ2) is 4.83. The molecule has 2 heterocycles. The summed E-state index contributed by atoms with van der Waals surface area (Å²) in [6.45, 7) is 2.01. The number of alkyl halides is 1. The molecule has 0 saturated carbocycles. The van der Waals surface area contributed by atoms with Gasteiger partial charge < -0.3 is 9.15 Å². The molecule has 20 heavy (non-hydrogen) atoms. The summed E-state index contributed by atoms with van der Waals surface area (Å²) in [5.74, 6) is 0.935. The number of rotatable bonds is 3. The van der Waals surface area contributed by atoms with Crippen LogP contribution in [0.3, 0.4) is 0 Å². The highest BCUT2D eigenvalue weighted by Crippen LogP contribution is 2.36. The molecular weight excluding hydrogens is 282 g/mol. The largest absolute Gasteiger partial charge is 0.490 e. The summed E-state index contributed by atoms with van der Waals surface area (Å²) in [4.78, 5) is 10.0. The van der Waals surface area contributed by atoms with Crippen molar-refractivity contribution in [2.24, 2.45) is 0 Å². The van der Waals surface area contributed by atoms with E-state index in [-0.39, 0.29) is 12.0 Å². The molecule has 1 aromatic heterocycles. The predicted octanol–water partition coefficient (Wildman–Crippen LogP) is 3.84. The smallest absolute Gasteiger partial charge is 0.433 e. The molecule has 1 aromatic carbocycles. The number of nitro groups is 1. The van der Waals surface area contributed by atoms with E-state index in [1.807, 2.05) is 25.1 Å². The fourth-order valence-electron chi connectivity index (χ4n) is 2.34. The molecule has 0 aliphatic carbocycles. The minimum atomic E-state index is -0.578. The number of halogens is 1. The zero-order chi connectivity index (χ0) is 14.3. The van der Waals surface area contributed by atoms with Crippen molar-refractivity contribution in [2.75, 3.05) is 0 Å². The van der Waals surface area contributed by atoms with E-state index in [1.54, 1.807) is 0 Å². The molecule has 0 spiro atoms. The number of nitrogens with zero attached hydrogens (tertiary/aromatic N) is 1. The van der Waals surface area contributed by atoms with Crippen LogP contribution in [-0.4, -0.2) is 11.0 Å². The summed E-state index contributed by atoms with van der Waals surface area (Å²) in [6.07, 6.45) is 1.00. The maximum absolute atomic E-state index is 10.6. The molecule has 104 valence electrons. The van der Waals surface area contributed by atoms with Crippen LogP contribution < -0.4 is 4.74 Å². The lowest BCUT2D eigenvalue weighted by Gasteiger charge is -2.08. The summed E-state index contributed by atoms with van der Waals surface area (Å²) in [6, 6.07) is 8.53. The summed E-state index contributed by atoms with van der Waals surface area (Å²) in [5.41, 5.74) is 1.94. The molecule has 2 unspecified atom stereocenters. The normalized spacial score (nSPS) is 18.4. The van der Waals surface area contributed by atoms with E-state index in [9.17, 15) is 10.1 Å². The van der Waals surface area contributed by atoms with Gasteiger partial charge in [-0.15, -0.1) is 11.6 Å². The summed E-state index contributed by atoms with van der Waals surface area (Å²) >= 11 is 6.33. The van der Waals surface area contributed by atoms with Gasteiger partial charge >= 0.3 is 5.88 Å². The lowest BCUT2D eigenvalue weighted by atomic mass is 10.0. The third kappa shape index (κ3) is 2.25. The van der Waals surface area contributed by atoms with Crippen molar-refractivity contribution in [3.8, 4) is 5.75 Å². The minimum Gasteiger partial charge on any atom is -0.490 e. The molecule has 1 aliphatic rings. The molecule has 1 aliphatic heterocycles. The van der Waals surface area contributed by atoms with Gasteiger partial charge in [-0.2, -0.15) is 0 Å². The van der Waals surface area contributed by atoms with E-state index < -0.39 is 10.3 Å². The van der Waals surface area contributed by atoms with Crippen LogP contribution in [0.25, 0.3) is 0 Å². The second-order valence-corrected chi connectivity index (χ2v) is 5.23. The van der Waals surface area contributed by atoms with Crippen LogP contribution in [-0.2, 0) is 6.42 Å². The summed E-state index contributed by atoms with van der Waals surface area (Å²) in [5, 5.41) is 10.1. The summed E-state index contributed by atoms with van der Waals surface area (Å²) < 4.78 is 10.8. The SMILES string of the molecule is CC1Cc2cc(C(Cl)c3ccc([N+](=O)[O-])o3)ccc2O1. The Kier molecular flexibility index (Phi) is 3.14. The molecular formula is C14H12ClNO4. The fraction of sp³-hybridized carbons (Fsp3) is 0.286. The van der Waals surface area contributed by atoms with Crippen molar-refractivity contribution < 1.29 is 14.1 Å². The van der Waals surface area contributed by atoms with Crippen molar-refractivity contribution in [1.82, 2.24) is 0 Å². The Bertz CT molecular complexity index is 667. The zero-order valence-electron chi connectivity index (χ0n) is 10.7. The van der Waals surface area contributed by atoms with Gasteiger partial charge in [0.25, 0.3) is 0 Å². The van der Waals surface area contributed by atoms with Crippen molar-refractivity contribution >= 4 is 17.5 Å². The number of hydrogen-bond acceptors (Lipinski definition) is 4. The first-order valence-corrected chi connectivity index (χ1v) is 6.66. The highest BCUT2D eigenvalue weighted by Gasteiger charge is 2.23. The van der Waals surface area contributed by atoms with Gasteiger partial charge in [0.1, 0.15) is 27.9 Å². The van der Waals surface area contributed by atoms with Gasteiger partial charge in [0.2, 0.25) is 0 Å². The van der Waals surface area contributed by atoms with E-state index in [1.165, 1.54) is 12.1 Å². The number of ether oxygens (including phenoxy) is 1. The first kappa shape index (κ1) is 13.0. The topological polar surface area (TPSA) is 65.5 Å². The Hall–Kier alpha value is -2.01. The Balaban J connectivity index is 1.89. The van der Waals surface area contributed by atoms with Crippen LogP contribution in [0.1, 0.15) is 29.2 Å². The average Bonchev–Trinajstić information content (AvgIpc) is 3.02. The van der Waals surface area contributed by atoms with Gasteiger partial charge in [-0.3, -0.25) is 10.1 Å². The summed E-state index contributed by atoms with van der Waals surface area (Å²) in [7, 11) is 0. The Labute approximate surface area is 120 Å².